The minimum Gasteiger partial charge on any atom is -0.383 e. The number of rotatable bonds is 4. The first-order valence-corrected chi connectivity index (χ1v) is 9.16. The molecule has 1 aliphatic heterocycles. The zero-order valence-corrected chi connectivity index (χ0v) is 15.4. The molecule has 0 aromatic carbocycles. The molecule has 142 valence electrons. The molecule has 28 heavy (non-hydrogen) atoms. The standard InChI is InChI=1S/C20H21N7O/c1-2-17(28)26-11-5-7-15(12-26)27-20-18(19(21)23-13-24-20)16(25-27)9-8-14-6-3-4-10-22-14/h2-4,6,8-10,13,15H,1,5,7,11-12H2,(H2,21,23,24)/b9-8+/t15-/m1/s1. The smallest absolute Gasteiger partial charge is 0.246 e. The molecule has 0 aliphatic carbocycles. The molecule has 1 saturated heterocycles. The van der Waals surface area contributed by atoms with Gasteiger partial charge in [-0.05, 0) is 43.2 Å². The van der Waals surface area contributed by atoms with E-state index in [2.05, 4.69) is 21.5 Å². The summed E-state index contributed by atoms with van der Waals surface area (Å²) >= 11 is 0. The van der Waals surface area contributed by atoms with Crippen LogP contribution in [0.4, 0.5) is 5.82 Å². The second kappa shape index (κ2) is 7.59. The van der Waals surface area contributed by atoms with Crippen LogP contribution in [0.2, 0.25) is 0 Å². The summed E-state index contributed by atoms with van der Waals surface area (Å²) in [5, 5.41) is 5.47. The van der Waals surface area contributed by atoms with Crippen molar-refractivity contribution >= 4 is 34.9 Å². The van der Waals surface area contributed by atoms with E-state index in [0.29, 0.717) is 29.1 Å². The first kappa shape index (κ1) is 17.8. The fourth-order valence-electron chi connectivity index (χ4n) is 3.52. The molecule has 4 rings (SSSR count). The minimum absolute atomic E-state index is 0.0199. The molecule has 8 heteroatoms. The van der Waals surface area contributed by atoms with Crippen LogP contribution < -0.4 is 5.73 Å². The van der Waals surface area contributed by atoms with Gasteiger partial charge in [-0.25, -0.2) is 14.6 Å². The molecule has 1 atom stereocenters. The zero-order valence-electron chi connectivity index (χ0n) is 15.4. The quantitative estimate of drug-likeness (QED) is 0.702. The van der Waals surface area contributed by atoms with E-state index in [4.69, 9.17) is 10.8 Å². The van der Waals surface area contributed by atoms with Crippen LogP contribution in [0, 0.1) is 0 Å². The topological polar surface area (TPSA) is 103 Å². The Hall–Kier alpha value is -3.55. The fourth-order valence-corrected chi connectivity index (χ4v) is 3.52. The van der Waals surface area contributed by atoms with Gasteiger partial charge in [0.2, 0.25) is 5.91 Å². The van der Waals surface area contributed by atoms with Crippen molar-refractivity contribution in [2.45, 2.75) is 18.9 Å². The maximum Gasteiger partial charge on any atom is 0.246 e. The van der Waals surface area contributed by atoms with Crippen molar-refractivity contribution in [3.05, 3.63) is 54.8 Å². The second-order valence-electron chi connectivity index (χ2n) is 6.66. The van der Waals surface area contributed by atoms with Gasteiger partial charge >= 0.3 is 0 Å². The fraction of sp³-hybridized carbons (Fsp3) is 0.250. The third-order valence-electron chi connectivity index (χ3n) is 4.87. The maximum atomic E-state index is 12.0. The minimum atomic E-state index is -0.0643. The molecular weight excluding hydrogens is 354 g/mol. The van der Waals surface area contributed by atoms with Gasteiger partial charge in [0.25, 0.3) is 0 Å². The summed E-state index contributed by atoms with van der Waals surface area (Å²) in [5.41, 5.74) is 8.31. The molecule has 1 aliphatic rings. The van der Waals surface area contributed by atoms with Crippen molar-refractivity contribution in [2.24, 2.45) is 0 Å². The molecule has 0 unspecified atom stereocenters. The number of carbonyl (C=O) groups excluding carboxylic acids is 1. The van der Waals surface area contributed by atoms with Crippen molar-refractivity contribution in [1.82, 2.24) is 29.6 Å². The Labute approximate surface area is 162 Å². The largest absolute Gasteiger partial charge is 0.383 e. The number of aromatic nitrogens is 5. The molecule has 0 bridgehead atoms. The summed E-state index contributed by atoms with van der Waals surface area (Å²) in [6.45, 7) is 4.88. The van der Waals surface area contributed by atoms with Crippen molar-refractivity contribution in [2.75, 3.05) is 18.8 Å². The van der Waals surface area contributed by atoms with Crippen LogP contribution in [0.5, 0.6) is 0 Å². The Morgan fingerprint density at radius 1 is 1.25 bits per heavy atom. The van der Waals surface area contributed by atoms with Crippen molar-refractivity contribution in [1.29, 1.82) is 0 Å². The van der Waals surface area contributed by atoms with Crippen molar-refractivity contribution < 1.29 is 4.79 Å². The predicted molar refractivity (Wildman–Crippen MR) is 108 cm³/mol. The lowest BCUT2D eigenvalue weighted by atomic mass is 10.1. The molecule has 1 fully saturated rings. The Morgan fingerprint density at radius 3 is 2.93 bits per heavy atom. The Morgan fingerprint density at radius 2 is 2.14 bits per heavy atom. The first-order chi connectivity index (χ1) is 13.7. The highest BCUT2D eigenvalue weighted by molar-refractivity contribution is 5.94. The molecule has 8 nitrogen and oxygen atoms in total. The Balaban J connectivity index is 1.73. The molecule has 1 amide bonds. The third kappa shape index (κ3) is 3.36. The van der Waals surface area contributed by atoms with Gasteiger partial charge < -0.3 is 10.6 Å². The second-order valence-corrected chi connectivity index (χ2v) is 6.66. The number of likely N-dealkylation sites (tertiary alicyclic amines) is 1. The average molecular weight is 375 g/mol. The summed E-state index contributed by atoms with van der Waals surface area (Å²) in [5.74, 6) is 0.317. The van der Waals surface area contributed by atoms with Gasteiger partial charge in [-0.15, -0.1) is 0 Å². The number of nitrogens with two attached hydrogens (primary N) is 1. The number of hydrogen-bond donors (Lipinski definition) is 1. The molecule has 3 aromatic heterocycles. The van der Waals surface area contributed by atoms with Crippen LogP contribution in [-0.2, 0) is 4.79 Å². The first-order valence-electron chi connectivity index (χ1n) is 9.16. The monoisotopic (exact) mass is 375 g/mol. The summed E-state index contributed by atoms with van der Waals surface area (Å²) in [6, 6.07) is 5.72. The number of nitrogens with zero attached hydrogens (tertiary/aromatic N) is 6. The third-order valence-corrected chi connectivity index (χ3v) is 4.87. The number of nitrogen functional groups attached to an aromatic ring is 1. The van der Waals surface area contributed by atoms with Crippen LogP contribution in [-0.4, -0.2) is 48.6 Å². The van der Waals surface area contributed by atoms with Gasteiger partial charge in [0.15, 0.2) is 5.65 Å². The molecule has 0 radical (unpaired) electrons. The number of pyridine rings is 1. The van der Waals surface area contributed by atoms with Crippen molar-refractivity contribution in [3.63, 3.8) is 0 Å². The van der Waals surface area contributed by atoms with Gasteiger partial charge in [-0.3, -0.25) is 9.78 Å². The van der Waals surface area contributed by atoms with Crippen molar-refractivity contribution in [3.8, 4) is 0 Å². The number of piperidine rings is 1. The lowest BCUT2D eigenvalue weighted by Gasteiger charge is -2.32. The molecular formula is C20H21N7O. The van der Waals surface area contributed by atoms with E-state index in [-0.39, 0.29) is 11.9 Å². The summed E-state index contributed by atoms with van der Waals surface area (Å²) in [4.78, 5) is 26.7. The van der Waals surface area contributed by atoms with Gasteiger partial charge in [-0.2, -0.15) is 5.10 Å². The van der Waals surface area contributed by atoms with Gasteiger partial charge in [0, 0.05) is 19.3 Å². The van der Waals surface area contributed by atoms with E-state index in [1.54, 1.807) is 11.1 Å². The van der Waals surface area contributed by atoms with Crippen LogP contribution in [0.25, 0.3) is 23.2 Å². The van der Waals surface area contributed by atoms with E-state index in [1.165, 1.54) is 12.4 Å². The van der Waals surface area contributed by atoms with Gasteiger partial charge in [-0.1, -0.05) is 12.6 Å². The van der Waals surface area contributed by atoms with E-state index in [0.717, 1.165) is 25.1 Å². The highest BCUT2D eigenvalue weighted by atomic mass is 16.2. The van der Waals surface area contributed by atoms with E-state index in [9.17, 15) is 4.79 Å². The van der Waals surface area contributed by atoms with Crippen LogP contribution in [0.1, 0.15) is 30.3 Å². The molecule has 0 spiro atoms. The SMILES string of the molecule is C=CC(=O)N1CCC[C@@H](n2nc(/C=C/c3ccccn3)c3c(N)ncnc32)C1. The Kier molecular flexibility index (Phi) is 4.84. The van der Waals surface area contributed by atoms with Crippen LogP contribution in [0.3, 0.4) is 0 Å². The zero-order chi connectivity index (χ0) is 19.5. The Bertz CT molecular complexity index is 1040. The number of fused-ring (bicyclic) bond motifs is 1. The van der Waals surface area contributed by atoms with Gasteiger partial charge in [0.05, 0.1) is 22.8 Å². The molecule has 2 N–H and O–H groups in total. The average Bonchev–Trinajstić information content (AvgIpc) is 3.12. The van der Waals surface area contributed by atoms with Crippen LogP contribution >= 0.6 is 0 Å². The normalized spacial score (nSPS) is 17.3. The predicted octanol–water partition coefficient (Wildman–Crippen LogP) is 2.32. The number of amides is 1. The van der Waals surface area contributed by atoms with Crippen LogP contribution in [0.15, 0.2) is 43.4 Å². The number of hydrogen-bond acceptors (Lipinski definition) is 6. The summed E-state index contributed by atoms with van der Waals surface area (Å²) in [7, 11) is 0. The lowest BCUT2D eigenvalue weighted by Crippen LogP contribution is -2.40. The van der Waals surface area contributed by atoms with E-state index < -0.39 is 0 Å². The molecule has 0 saturated carbocycles. The van der Waals surface area contributed by atoms with E-state index in [1.807, 2.05) is 35.0 Å². The van der Waals surface area contributed by atoms with Gasteiger partial charge in [0.1, 0.15) is 12.1 Å². The number of carbonyl (C=O) groups is 1. The molecule has 4 heterocycles. The lowest BCUT2D eigenvalue weighted by molar-refractivity contribution is -0.127. The highest BCUT2D eigenvalue weighted by Gasteiger charge is 2.27. The molecule has 3 aromatic rings. The highest BCUT2D eigenvalue weighted by Crippen LogP contribution is 2.29. The van der Waals surface area contributed by atoms with E-state index >= 15 is 0 Å². The summed E-state index contributed by atoms with van der Waals surface area (Å²) < 4.78 is 1.87. The maximum absolute atomic E-state index is 12.0. The summed E-state index contributed by atoms with van der Waals surface area (Å²) in [6.07, 6.45) is 10.1. The number of anilines is 1.